The van der Waals surface area contributed by atoms with Crippen LogP contribution in [0.25, 0.3) is 0 Å². The smallest absolute Gasteiger partial charge is 0.416 e. The molecule has 0 radical (unpaired) electrons. The Hall–Kier alpha value is -2.88. The van der Waals surface area contributed by atoms with Crippen molar-refractivity contribution in [1.29, 1.82) is 5.26 Å². The molecule has 1 aliphatic heterocycles. The normalized spacial score (nSPS) is 14.9. The summed E-state index contributed by atoms with van der Waals surface area (Å²) in [5, 5.41) is 9.25. The van der Waals surface area contributed by atoms with E-state index in [2.05, 4.69) is 4.90 Å². The Morgan fingerprint density at radius 2 is 1.58 bits per heavy atom. The molecular weight excluding hydrogens is 343 g/mol. The molecule has 0 bridgehead atoms. The van der Waals surface area contributed by atoms with Gasteiger partial charge in [-0.15, -0.1) is 0 Å². The van der Waals surface area contributed by atoms with Gasteiger partial charge >= 0.3 is 6.18 Å². The predicted octanol–water partition coefficient (Wildman–Crippen LogP) is 3.91. The summed E-state index contributed by atoms with van der Waals surface area (Å²) in [6.45, 7) is 2.70. The van der Waals surface area contributed by atoms with Crippen molar-refractivity contribution in [3.8, 4) is 11.8 Å². The van der Waals surface area contributed by atoms with Gasteiger partial charge in [0.1, 0.15) is 11.8 Å². The minimum absolute atomic E-state index is 0.0534. The van der Waals surface area contributed by atoms with Crippen LogP contribution in [0, 0.1) is 11.3 Å². The molecule has 136 valence electrons. The van der Waals surface area contributed by atoms with E-state index in [1.807, 2.05) is 35.2 Å². The van der Waals surface area contributed by atoms with Crippen LogP contribution >= 0.6 is 0 Å². The average Bonchev–Trinajstić information content (AvgIpc) is 2.67. The third-order valence-electron chi connectivity index (χ3n) is 4.50. The third kappa shape index (κ3) is 3.69. The lowest BCUT2D eigenvalue weighted by molar-refractivity contribution is -0.137. The summed E-state index contributed by atoms with van der Waals surface area (Å²) in [7, 11) is 1.62. The Kier molecular flexibility index (Phi) is 4.94. The van der Waals surface area contributed by atoms with Crippen molar-refractivity contribution in [3.05, 3.63) is 53.6 Å². The molecule has 0 spiro atoms. The Morgan fingerprint density at radius 1 is 0.962 bits per heavy atom. The van der Waals surface area contributed by atoms with Gasteiger partial charge in [0.25, 0.3) is 0 Å². The molecule has 3 rings (SSSR count). The Labute approximate surface area is 150 Å². The van der Waals surface area contributed by atoms with E-state index in [1.165, 1.54) is 6.07 Å². The monoisotopic (exact) mass is 361 g/mol. The van der Waals surface area contributed by atoms with E-state index in [0.29, 0.717) is 18.8 Å². The van der Waals surface area contributed by atoms with Crippen molar-refractivity contribution in [2.45, 2.75) is 6.18 Å². The van der Waals surface area contributed by atoms with Crippen LogP contribution in [-0.4, -0.2) is 33.3 Å². The molecule has 7 heteroatoms. The van der Waals surface area contributed by atoms with Crippen LogP contribution < -0.4 is 14.5 Å². The van der Waals surface area contributed by atoms with Crippen LogP contribution in [-0.2, 0) is 6.18 Å². The van der Waals surface area contributed by atoms with Crippen LogP contribution in [0.3, 0.4) is 0 Å². The first-order valence-electron chi connectivity index (χ1n) is 8.17. The number of rotatable bonds is 3. The summed E-state index contributed by atoms with van der Waals surface area (Å²) in [5.74, 6) is 0.788. The molecule has 1 saturated heterocycles. The summed E-state index contributed by atoms with van der Waals surface area (Å²) in [6.07, 6.45) is -4.45. The predicted molar refractivity (Wildman–Crippen MR) is 93.6 cm³/mol. The molecule has 0 unspecified atom stereocenters. The summed E-state index contributed by atoms with van der Waals surface area (Å²) < 4.78 is 43.7. The molecule has 2 aromatic carbocycles. The van der Waals surface area contributed by atoms with E-state index in [-0.39, 0.29) is 5.56 Å². The van der Waals surface area contributed by atoms with Gasteiger partial charge in [0.05, 0.1) is 23.9 Å². The second-order valence-corrected chi connectivity index (χ2v) is 6.01. The Bertz CT molecular complexity index is 804. The maximum Gasteiger partial charge on any atom is 0.416 e. The van der Waals surface area contributed by atoms with Crippen molar-refractivity contribution >= 4 is 11.4 Å². The number of methoxy groups -OCH3 is 1. The topological polar surface area (TPSA) is 39.5 Å². The lowest BCUT2D eigenvalue weighted by Gasteiger charge is -2.37. The van der Waals surface area contributed by atoms with Crippen molar-refractivity contribution < 1.29 is 17.9 Å². The standard InChI is InChI=1S/C19H18F3N3O/c1-26-17-5-3-16(4-6-17)24-8-10-25(11-9-24)18-7-2-15(19(20,21)22)12-14(18)13-23/h2-7,12H,8-11H2,1H3. The largest absolute Gasteiger partial charge is 0.497 e. The van der Waals surface area contributed by atoms with Gasteiger partial charge in [0.15, 0.2) is 0 Å². The van der Waals surface area contributed by atoms with E-state index in [9.17, 15) is 18.4 Å². The van der Waals surface area contributed by atoms with Gasteiger partial charge in [-0.25, -0.2) is 0 Å². The Morgan fingerprint density at radius 3 is 2.12 bits per heavy atom. The van der Waals surface area contributed by atoms with E-state index in [0.717, 1.165) is 36.7 Å². The van der Waals surface area contributed by atoms with Crippen LogP contribution in [0.2, 0.25) is 0 Å². The number of nitrogens with zero attached hydrogens (tertiary/aromatic N) is 3. The number of piperazine rings is 1. The number of ether oxygens (including phenoxy) is 1. The number of hydrogen-bond donors (Lipinski definition) is 0. The molecule has 0 N–H and O–H groups in total. The molecule has 26 heavy (non-hydrogen) atoms. The highest BCUT2D eigenvalue weighted by Crippen LogP contribution is 2.33. The molecule has 1 heterocycles. The quantitative estimate of drug-likeness (QED) is 0.831. The van der Waals surface area contributed by atoms with Gasteiger partial charge in [0, 0.05) is 31.9 Å². The lowest BCUT2D eigenvalue weighted by Crippen LogP contribution is -2.46. The third-order valence-corrected chi connectivity index (χ3v) is 4.50. The number of benzene rings is 2. The fraction of sp³-hybridized carbons (Fsp3) is 0.316. The highest BCUT2D eigenvalue weighted by molar-refractivity contribution is 5.62. The fourth-order valence-corrected chi connectivity index (χ4v) is 3.08. The number of hydrogen-bond acceptors (Lipinski definition) is 4. The van der Waals surface area contributed by atoms with E-state index >= 15 is 0 Å². The van der Waals surface area contributed by atoms with Gasteiger partial charge in [0.2, 0.25) is 0 Å². The zero-order valence-corrected chi connectivity index (χ0v) is 14.3. The van der Waals surface area contributed by atoms with Crippen LogP contribution in [0.5, 0.6) is 5.75 Å². The summed E-state index contributed by atoms with van der Waals surface area (Å²) in [6, 6.07) is 13.0. The van der Waals surface area contributed by atoms with Gasteiger partial charge in [-0.05, 0) is 42.5 Å². The first kappa shape index (κ1) is 17.9. The van der Waals surface area contributed by atoms with E-state index in [4.69, 9.17) is 4.74 Å². The number of halogens is 3. The van der Waals surface area contributed by atoms with E-state index < -0.39 is 11.7 Å². The van der Waals surface area contributed by atoms with Gasteiger partial charge in [-0.1, -0.05) is 0 Å². The average molecular weight is 361 g/mol. The van der Waals surface area contributed by atoms with Crippen molar-refractivity contribution in [2.24, 2.45) is 0 Å². The highest BCUT2D eigenvalue weighted by atomic mass is 19.4. The molecule has 2 aromatic rings. The zero-order valence-electron chi connectivity index (χ0n) is 14.3. The molecule has 4 nitrogen and oxygen atoms in total. The second-order valence-electron chi connectivity index (χ2n) is 6.01. The van der Waals surface area contributed by atoms with Crippen molar-refractivity contribution in [2.75, 3.05) is 43.1 Å². The molecule has 0 saturated carbocycles. The fourth-order valence-electron chi connectivity index (χ4n) is 3.08. The van der Waals surface area contributed by atoms with Crippen molar-refractivity contribution in [3.63, 3.8) is 0 Å². The SMILES string of the molecule is COc1ccc(N2CCN(c3ccc(C(F)(F)F)cc3C#N)CC2)cc1. The Balaban J connectivity index is 1.72. The molecule has 1 fully saturated rings. The molecule has 0 amide bonds. The van der Waals surface area contributed by atoms with Crippen LogP contribution in [0.1, 0.15) is 11.1 Å². The van der Waals surface area contributed by atoms with E-state index in [1.54, 1.807) is 7.11 Å². The highest BCUT2D eigenvalue weighted by Gasteiger charge is 2.31. The van der Waals surface area contributed by atoms with Crippen LogP contribution in [0.4, 0.5) is 24.5 Å². The van der Waals surface area contributed by atoms with Crippen molar-refractivity contribution in [1.82, 2.24) is 0 Å². The first-order chi connectivity index (χ1) is 12.4. The molecule has 1 aliphatic rings. The summed E-state index contributed by atoms with van der Waals surface area (Å²) in [5.41, 5.74) is 0.876. The molecular formula is C19H18F3N3O. The molecule has 0 aliphatic carbocycles. The second kappa shape index (κ2) is 7.16. The lowest BCUT2D eigenvalue weighted by atomic mass is 10.1. The van der Waals surface area contributed by atoms with Gasteiger partial charge in [-0.3, -0.25) is 0 Å². The summed E-state index contributed by atoms with van der Waals surface area (Å²) in [4.78, 5) is 4.16. The maximum atomic E-state index is 12.8. The minimum Gasteiger partial charge on any atom is -0.497 e. The minimum atomic E-state index is -4.45. The number of alkyl halides is 3. The molecule has 0 aromatic heterocycles. The zero-order chi connectivity index (χ0) is 18.7. The summed E-state index contributed by atoms with van der Waals surface area (Å²) >= 11 is 0. The first-order valence-corrected chi connectivity index (χ1v) is 8.17. The molecule has 0 atom stereocenters. The number of nitriles is 1. The maximum absolute atomic E-state index is 12.8. The van der Waals surface area contributed by atoms with Gasteiger partial charge < -0.3 is 14.5 Å². The van der Waals surface area contributed by atoms with Crippen LogP contribution in [0.15, 0.2) is 42.5 Å². The number of anilines is 2. The van der Waals surface area contributed by atoms with Gasteiger partial charge in [-0.2, -0.15) is 18.4 Å².